The van der Waals surface area contributed by atoms with Crippen LogP contribution in [0.3, 0.4) is 0 Å². The fourth-order valence-electron chi connectivity index (χ4n) is 5.75. The maximum Gasteiger partial charge on any atom is 0.481 e. The second kappa shape index (κ2) is 22.8. The largest absolute Gasteiger partial charge is 0.481 e. The Morgan fingerprint density at radius 2 is 1.67 bits per heavy atom. The van der Waals surface area contributed by atoms with Gasteiger partial charge >= 0.3 is 23.5 Å². The van der Waals surface area contributed by atoms with Crippen molar-refractivity contribution >= 4 is 69.1 Å². The summed E-state index contributed by atoms with van der Waals surface area (Å²) in [7, 11) is -16.4. The first-order valence-electron chi connectivity index (χ1n) is 18.9. The molecule has 0 aromatic carbocycles. The summed E-state index contributed by atoms with van der Waals surface area (Å²) in [6.07, 6.45) is -2.23. The number of nitrogen functional groups attached to an aromatic ring is 1. The molecule has 60 heavy (non-hydrogen) atoms. The lowest BCUT2D eigenvalue weighted by Crippen LogP contribution is -2.46. The van der Waals surface area contributed by atoms with E-state index in [1.54, 1.807) is 0 Å². The van der Waals surface area contributed by atoms with Crippen LogP contribution < -0.4 is 16.4 Å². The molecule has 0 saturated carbocycles. The van der Waals surface area contributed by atoms with Gasteiger partial charge in [-0.05, 0) is 18.3 Å². The highest BCUT2D eigenvalue weighted by atomic mass is 32.2. The number of hydrogen-bond donors (Lipinski definition) is 9. The highest BCUT2D eigenvalue weighted by Gasteiger charge is 2.50. The van der Waals surface area contributed by atoms with Crippen LogP contribution >= 0.6 is 35.2 Å². The van der Waals surface area contributed by atoms with Crippen LogP contribution in [0, 0.1) is 17.3 Å². The smallest absolute Gasteiger partial charge is 0.386 e. The van der Waals surface area contributed by atoms with Crippen LogP contribution in [0.4, 0.5) is 5.82 Å². The van der Waals surface area contributed by atoms with Crippen molar-refractivity contribution in [3.63, 3.8) is 0 Å². The zero-order chi connectivity index (χ0) is 45.1. The summed E-state index contributed by atoms with van der Waals surface area (Å²) in [5, 5.41) is 26.6. The Kier molecular flexibility index (Phi) is 19.7. The number of hydrogen-bond acceptors (Lipinski definition) is 18. The second-order valence-electron chi connectivity index (χ2n) is 15.3. The van der Waals surface area contributed by atoms with Crippen LogP contribution in [0.5, 0.6) is 0 Å². The molecule has 0 aliphatic carbocycles. The number of imidazole rings is 1. The molecular formula is C32H56N7O17P3S. The molecule has 0 radical (unpaired) electrons. The normalized spacial score (nSPS) is 21.7. The van der Waals surface area contributed by atoms with E-state index in [4.69, 9.17) is 19.5 Å². The van der Waals surface area contributed by atoms with Crippen molar-refractivity contribution in [1.29, 1.82) is 0 Å². The van der Waals surface area contributed by atoms with Crippen LogP contribution in [0.25, 0.3) is 11.2 Å². The van der Waals surface area contributed by atoms with Gasteiger partial charge in [0.25, 0.3) is 0 Å². The van der Waals surface area contributed by atoms with Gasteiger partial charge in [0.05, 0.1) is 19.5 Å². The number of phosphoric ester groups is 3. The zero-order valence-corrected chi connectivity index (χ0v) is 37.3. The third-order valence-electron chi connectivity index (χ3n) is 9.08. The molecule has 1 aliphatic heterocycles. The Balaban J connectivity index is 1.42. The number of ether oxygens (including phenoxy) is 1. The SMILES string of the molecule is CC(C)CCC[C@@H](C)CCC(=O)SCCNC(=O)CCNC(=O)[C@H](O)C(C)(C)COP(=O)(O)OP(=O)(O)OC[C@H]1O[C@@H](n2cnc3c(N)ncnc32)[C@H](O)[C@@H]1OP(=O)(O)O. The molecule has 0 spiro atoms. The van der Waals surface area contributed by atoms with Gasteiger partial charge in [-0.3, -0.25) is 32.5 Å². The maximum absolute atomic E-state index is 12.7. The lowest BCUT2D eigenvalue weighted by molar-refractivity contribution is -0.137. The number of nitrogens with zero attached hydrogens (tertiary/aromatic N) is 4. The second-order valence-corrected chi connectivity index (χ2v) is 20.6. The predicted octanol–water partition coefficient (Wildman–Crippen LogP) is 1.91. The number of nitrogens with one attached hydrogen (secondary N) is 2. The number of aromatic nitrogens is 4. The van der Waals surface area contributed by atoms with Crippen molar-refractivity contribution in [1.82, 2.24) is 30.2 Å². The summed E-state index contributed by atoms with van der Waals surface area (Å²) in [4.78, 5) is 88.1. The van der Waals surface area contributed by atoms with Gasteiger partial charge in [0, 0.05) is 37.1 Å². The Bertz CT molecular complexity index is 1900. The molecule has 2 aromatic rings. The highest BCUT2D eigenvalue weighted by Crippen LogP contribution is 2.61. The number of phosphoric acid groups is 3. The fraction of sp³-hybridized carbons (Fsp3) is 0.750. The number of thioether (sulfide) groups is 1. The molecule has 2 unspecified atom stereocenters. The molecule has 2 aromatic heterocycles. The van der Waals surface area contributed by atoms with E-state index in [9.17, 15) is 57.9 Å². The number of carbonyl (C=O) groups is 3. The van der Waals surface area contributed by atoms with E-state index in [1.807, 2.05) is 0 Å². The number of nitrogens with two attached hydrogens (primary N) is 1. The van der Waals surface area contributed by atoms with Gasteiger partial charge < -0.3 is 50.9 Å². The average molecular weight is 936 g/mol. The van der Waals surface area contributed by atoms with Gasteiger partial charge in [0.15, 0.2) is 22.8 Å². The number of anilines is 1. The minimum absolute atomic E-state index is 0.0324. The zero-order valence-electron chi connectivity index (χ0n) is 33.8. The van der Waals surface area contributed by atoms with E-state index in [0.717, 1.165) is 54.7 Å². The van der Waals surface area contributed by atoms with Gasteiger partial charge in [-0.1, -0.05) is 65.6 Å². The highest BCUT2D eigenvalue weighted by molar-refractivity contribution is 8.13. The van der Waals surface area contributed by atoms with Crippen LogP contribution in [0.15, 0.2) is 12.7 Å². The van der Waals surface area contributed by atoms with E-state index in [-0.39, 0.29) is 41.6 Å². The van der Waals surface area contributed by atoms with E-state index >= 15 is 0 Å². The number of fused-ring (bicyclic) bond motifs is 1. The molecular weight excluding hydrogens is 879 g/mol. The fourth-order valence-corrected chi connectivity index (χ4v) is 9.27. The van der Waals surface area contributed by atoms with E-state index < -0.39 is 84.6 Å². The van der Waals surface area contributed by atoms with Crippen LogP contribution in [-0.4, -0.2) is 123 Å². The molecule has 28 heteroatoms. The van der Waals surface area contributed by atoms with Crippen molar-refractivity contribution < 1.29 is 80.5 Å². The quantitative estimate of drug-likeness (QED) is 0.0480. The number of aliphatic hydroxyl groups is 2. The number of rotatable bonds is 26. The summed E-state index contributed by atoms with van der Waals surface area (Å²) in [5.41, 5.74) is 4.28. The first kappa shape index (κ1) is 51.9. The standard InChI is InChI=1S/C32H56N7O17P3S/c1-19(2)7-6-8-20(3)9-10-23(41)60-14-13-34-22(40)11-12-35-30(44)27(43)32(4,5)16-53-59(50,51)56-58(48,49)52-15-21-26(55-57(45,46)47)25(42)31(54-21)39-18-38-24-28(33)36-17-37-29(24)39/h17-21,25-27,31,42-43H,6-16H2,1-5H3,(H,34,40)(H,35,44)(H,48,49)(H,50,51)(H2,33,36,37)(H2,45,46,47)/t20-,21-,25-,26-,27+,31-/m1/s1. The topological polar surface area (TPSA) is 364 Å². The number of amides is 2. The molecule has 3 heterocycles. The minimum atomic E-state index is -5.57. The molecule has 342 valence electrons. The lowest BCUT2D eigenvalue weighted by atomic mass is 9.87. The van der Waals surface area contributed by atoms with E-state index in [1.165, 1.54) is 13.8 Å². The van der Waals surface area contributed by atoms with Crippen molar-refractivity contribution in [3.8, 4) is 0 Å². The Morgan fingerprint density at radius 1 is 0.983 bits per heavy atom. The third kappa shape index (κ3) is 17.0. The van der Waals surface area contributed by atoms with Crippen molar-refractivity contribution in [2.75, 3.05) is 37.8 Å². The number of carbonyl (C=O) groups excluding carboxylic acids is 3. The lowest BCUT2D eigenvalue weighted by Gasteiger charge is -2.30. The van der Waals surface area contributed by atoms with E-state index in [0.29, 0.717) is 24.0 Å². The summed E-state index contributed by atoms with van der Waals surface area (Å²) in [5.74, 6) is 0.0757. The average Bonchev–Trinajstić information content (AvgIpc) is 3.70. The Morgan fingerprint density at radius 3 is 2.33 bits per heavy atom. The first-order valence-corrected chi connectivity index (χ1v) is 24.4. The predicted molar refractivity (Wildman–Crippen MR) is 214 cm³/mol. The van der Waals surface area contributed by atoms with Gasteiger partial charge in [-0.2, -0.15) is 4.31 Å². The first-order chi connectivity index (χ1) is 27.8. The van der Waals surface area contributed by atoms with Gasteiger partial charge in [0.1, 0.15) is 36.3 Å². The van der Waals surface area contributed by atoms with Gasteiger partial charge in [-0.25, -0.2) is 28.6 Å². The summed E-state index contributed by atoms with van der Waals surface area (Å²) >= 11 is 1.14. The molecule has 0 bridgehead atoms. The van der Waals surface area contributed by atoms with Gasteiger partial charge in [-0.15, -0.1) is 0 Å². The Hall–Kier alpha value is -2.44. The van der Waals surface area contributed by atoms with Gasteiger partial charge in [0.2, 0.25) is 11.8 Å². The molecule has 24 nitrogen and oxygen atoms in total. The van der Waals surface area contributed by atoms with Crippen LogP contribution in [0.1, 0.15) is 79.4 Å². The summed E-state index contributed by atoms with van der Waals surface area (Å²) in [6, 6.07) is 0. The molecule has 8 atom stereocenters. The molecule has 10 N–H and O–H groups in total. The van der Waals surface area contributed by atoms with Crippen LogP contribution in [0.2, 0.25) is 0 Å². The molecule has 1 saturated heterocycles. The molecule has 1 fully saturated rings. The van der Waals surface area contributed by atoms with Crippen molar-refractivity contribution in [2.24, 2.45) is 17.3 Å². The van der Waals surface area contributed by atoms with Crippen molar-refractivity contribution in [2.45, 2.75) is 104 Å². The molecule has 3 rings (SSSR count). The summed E-state index contributed by atoms with van der Waals surface area (Å²) < 4.78 is 62.3. The monoisotopic (exact) mass is 935 g/mol. The maximum atomic E-state index is 12.7. The molecule has 2 amide bonds. The minimum Gasteiger partial charge on any atom is -0.386 e. The van der Waals surface area contributed by atoms with Crippen molar-refractivity contribution in [3.05, 3.63) is 12.7 Å². The van der Waals surface area contributed by atoms with E-state index in [2.05, 4.69) is 55.2 Å². The third-order valence-corrected chi connectivity index (χ3v) is 13.1. The number of aliphatic hydroxyl groups excluding tert-OH is 2. The van der Waals surface area contributed by atoms with Crippen LogP contribution in [-0.2, 0) is 50.7 Å². The Labute approximate surface area is 350 Å². The summed E-state index contributed by atoms with van der Waals surface area (Å²) in [6.45, 7) is 7.06. The molecule has 1 aliphatic rings.